The second kappa shape index (κ2) is 7.34. The zero-order valence-corrected chi connectivity index (χ0v) is 15.3. The predicted molar refractivity (Wildman–Crippen MR) is 105 cm³/mol. The molecule has 2 N–H and O–H groups in total. The Morgan fingerprint density at radius 1 is 0.960 bits per heavy atom. The highest BCUT2D eigenvalue weighted by molar-refractivity contribution is 6.36. The Labute approximate surface area is 156 Å². The molecule has 0 saturated carbocycles. The van der Waals surface area contributed by atoms with E-state index in [1.54, 1.807) is 24.3 Å². The summed E-state index contributed by atoms with van der Waals surface area (Å²) >= 11 is 12.5. The summed E-state index contributed by atoms with van der Waals surface area (Å²) in [4.78, 5) is 12.4. The predicted octanol–water partition coefficient (Wildman–Crippen LogP) is 4.68. The average Bonchev–Trinajstić information content (AvgIpc) is 2.58. The highest BCUT2D eigenvalue weighted by Crippen LogP contribution is 2.27. The molecule has 0 spiro atoms. The van der Waals surface area contributed by atoms with E-state index in [0.29, 0.717) is 28.6 Å². The lowest BCUT2D eigenvalue weighted by atomic mass is 10.0. The van der Waals surface area contributed by atoms with E-state index in [1.165, 1.54) is 0 Å². The van der Waals surface area contributed by atoms with E-state index in [-0.39, 0.29) is 5.43 Å². The van der Waals surface area contributed by atoms with E-state index in [2.05, 4.69) is 0 Å². The molecule has 5 heteroatoms. The molecular formula is C20H18Cl2N2O. The molecule has 0 bridgehead atoms. The summed E-state index contributed by atoms with van der Waals surface area (Å²) in [6, 6.07) is 14.7. The molecule has 128 valence electrons. The number of benzene rings is 2. The fourth-order valence-electron chi connectivity index (χ4n) is 2.81. The molecular weight excluding hydrogens is 355 g/mol. The van der Waals surface area contributed by atoms with Gasteiger partial charge in [-0.25, -0.2) is 0 Å². The molecule has 0 unspecified atom stereocenters. The van der Waals surface area contributed by atoms with Crippen LogP contribution in [0.15, 0.2) is 59.5 Å². The van der Waals surface area contributed by atoms with Crippen LogP contribution in [0.5, 0.6) is 0 Å². The number of aromatic nitrogens is 1. The minimum Gasteiger partial charge on any atom is -0.399 e. The molecule has 0 aliphatic rings. The first kappa shape index (κ1) is 17.6. The van der Waals surface area contributed by atoms with Crippen molar-refractivity contribution in [3.8, 4) is 0 Å². The summed E-state index contributed by atoms with van der Waals surface area (Å²) in [5.41, 5.74) is 9.95. The molecule has 25 heavy (non-hydrogen) atoms. The van der Waals surface area contributed by atoms with Crippen LogP contribution in [0.25, 0.3) is 0 Å². The van der Waals surface area contributed by atoms with Crippen molar-refractivity contribution >= 4 is 28.9 Å². The third-order valence-electron chi connectivity index (χ3n) is 4.32. The quantitative estimate of drug-likeness (QED) is 0.675. The molecule has 1 heterocycles. The van der Waals surface area contributed by atoms with E-state index >= 15 is 0 Å². The van der Waals surface area contributed by atoms with Gasteiger partial charge in [-0.1, -0.05) is 41.4 Å². The number of rotatable bonds is 4. The van der Waals surface area contributed by atoms with Crippen molar-refractivity contribution in [3.63, 3.8) is 0 Å². The monoisotopic (exact) mass is 372 g/mol. The fraction of sp³-hybridized carbons (Fsp3) is 0.150. The Hall–Kier alpha value is -2.23. The highest BCUT2D eigenvalue weighted by atomic mass is 35.5. The van der Waals surface area contributed by atoms with E-state index in [0.717, 1.165) is 22.5 Å². The summed E-state index contributed by atoms with van der Waals surface area (Å²) in [6.45, 7) is 2.61. The maximum Gasteiger partial charge on any atom is 0.185 e. The van der Waals surface area contributed by atoms with Gasteiger partial charge in [0.25, 0.3) is 0 Å². The summed E-state index contributed by atoms with van der Waals surface area (Å²) in [6.07, 6.45) is 2.22. The SMILES string of the molecule is Cc1c(Cc2c(Cl)cccc2Cl)c(=O)ccn1Cc1ccc(N)cc1. The number of hydrogen-bond acceptors (Lipinski definition) is 2. The van der Waals surface area contributed by atoms with Gasteiger partial charge in [0.15, 0.2) is 5.43 Å². The standard InChI is InChI=1S/C20H18Cl2N2O/c1-13-16(11-17-18(21)3-2-4-19(17)22)20(25)9-10-24(13)12-14-5-7-15(23)8-6-14/h2-10H,11-12,23H2,1H3. The van der Waals surface area contributed by atoms with Gasteiger partial charge in [-0.2, -0.15) is 0 Å². The van der Waals surface area contributed by atoms with Crippen LogP contribution in [-0.2, 0) is 13.0 Å². The van der Waals surface area contributed by atoms with Crippen LogP contribution in [0.3, 0.4) is 0 Å². The van der Waals surface area contributed by atoms with Crippen LogP contribution < -0.4 is 11.2 Å². The Morgan fingerprint density at radius 3 is 2.24 bits per heavy atom. The van der Waals surface area contributed by atoms with Crippen molar-refractivity contribution in [2.75, 3.05) is 5.73 Å². The first-order valence-corrected chi connectivity index (χ1v) is 8.67. The van der Waals surface area contributed by atoms with Crippen LogP contribution in [0.1, 0.15) is 22.4 Å². The summed E-state index contributed by atoms with van der Waals surface area (Å²) in [7, 11) is 0. The maximum atomic E-state index is 12.4. The fourth-order valence-corrected chi connectivity index (χ4v) is 3.34. The molecule has 0 atom stereocenters. The van der Waals surface area contributed by atoms with Crippen molar-refractivity contribution in [2.24, 2.45) is 0 Å². The lowest BCUT2D eigenvalue weighted by Crippen LogP contribution is -2.17. The number of nitrogens with zero attached hydrogens (tertiary/aromatic N) is 1. The molecule has 2 aromatic carbocycles. The topological polar surface area (TPSA) is 48.0 Å². The van der Waals surface area contributed by atoms with Gasteiger partial charge in [-0.15, -0.1) is 0 Å². The number of halogens is 2. The smallest absolute Gasteiger partial charge is 0.185 e. The average molecular weight is 373 g/mol. The number of anilines is 1. The first-order chi connectivity index (χ1) is 12.0. The molecule has 3 rings (SSSR count). The molecule has 3 aromatic rings. The zero-order valence-electron chi connectivity index (χ0n) is 13.8. The van der Waals surface area contributed by atoms with Gasteiger partial charge < -0.3 is 10.3 Å². The van der Waals surface area contributed by atoms with Crippen LogP contribution >= 0.6 is 23.2 Å². The minimum atomic E-state index is -0.0120. The Bertz CT molecular complexity index is 942. The summed E-state index contributed by atoms with van der Waals surface area (Å²) in [5.74, 6) is 0. The van der Waals surface area contributed by atoms with Crippen molar-refractivity contribution < 1.29 is 0 Å². The van der Waals surface area contributed by atoms with Crippen LogP contribution in [0, 0.1) is 6.92 Å². The first-order valence-electron chi connectivity index (χ1n) is 7.92. The largest absolute Gasteiger partial charge is 0.399 e. The normalized spacial score (nSPS) is 10.8. The lowest BCUT2D eigenvalue weighted by molar-refractivity contribution is 0.745. The van der Waals surface area contributed by atoms with Gasteiger partial charge in [0.1, 0.15) is 0 Å². The Morgan fingerprint density at radius 2 is 1.60 bits per heavy atom. The van der Waals surface area contributed by atoms with Crippen LogP contribution in [-0.4, -0.2) is 4.57 Å². The number of nitrogen functional groups attached to an aromatic ring is 1. The molecule has 1 aromatic heterocycles. The molecule has 0 aliphatic carbocycles. The van der Waals surface area contributed by atoms with Gasteiger partial charge in [0, 0.05) is 52.2 Å². The second-order valence-corrected chi connectivity index (χ2v) is 6.80. The Kier molecular flexibility index (Phi) is 5.16. The number of nitrogens with two attached hydrogens (primary N) is 1. The number of pyridine rings is 1. The van der Waals surface area contributed by atoms with Crippen molar-refractivity contribution in [1.29, 1.82) is 0 Å². The van der Waals surface area contributed by atoms with Crippen molar-refractivity contribution in [1.82, 2.24) is 4.57 Å². The van der Waals surface area contributed by atoms with E-state index in [9.17, 15) is 4.79 Å². The second-order valence-electron chi connectivity index (χ2n) is 5.99. The van der Waals surface area contributed by atoms with Gasteiger partial charge in [-0.3, -0.25) is 4.79 Å². The summed E-state index contributed by atoms with van der Waals surface area (Å²) in [5, 5.41) is 1.14. The van der Waals surface area contributed by atoms with Crippen molar-refractivity contribution in [3.05, 3.63) is 97.4 Å². The van der Waals surface area contributed by atoms with E-state index in [1.807, 2.05) is 42.0 Å². The highest BCUT2D eigenvalue weighted by Gasteiger charge is 2.13. The van der Waals surface area contributed by atoms with E-state index < -0.39 is 0 Å². The molecule has 0 aliphatic heterocycles. The van der Waals surface area contributed by atoms with Gasteiger partial charge in [0.05, 0.1) is 0 Å². The van der Waals surface area contributed by atoms with Crippen LogP contribution in [0.4, 0.5) is 5.69 Å². The molecule has 0 fully saturated rings. The summed E-state index contributed by atoms with van der Waals surface area (Å²) < 4.78 is 2.05. The van der Waals surface area contributed by atoms with Gasteiger partial charge >= 0.3 is 0 Å². The maximum absolute atomic E-state index is 12.4. The molecule has 3 nitrogen and oxygen atoms in total. The molecule has 0 amide bonds. The minimum absolute atomic E-state index is 0.0120. The third kappa shape index (κ3) is 3.89. The van der Waals surface area contributed by atoms with Gasteiger partial charge in [0.2, 0.25) is 0 Å². The van der Waals surface area contributed by atoms with E-state index in [4.69, 9.17) is 28.9 Å². The zero-order chi connectivity index (χ0) is 18.0. The van der Waals surface area contributed by atoms with Crippen molar-refractivity contribution in [2.45, 2.75) is 19.9 Å². The number of hydrogen-bond donors (Lipinski definition) is 1. The third-order valence-corrected chi connectivity index (χ3v) is 5.03. The Balaban J connectivity index is 1.97. The van der Waals surface area contributed by atoms with Crippen LogP contribution in [0.2, 0.25) is 10.0 Å². The molecule has 0 radical (unpaired) electrons. The lowest BCUT2D eigenvalue weighted by Gasteiger charge is -2.15. The van der Waals surface area contributed by atoms with Gasteiger partial charge in [-0.05, 0) is 42.3 Å². The molecule has 0 saturated heterocycles.